The molecule has 8 heteroatoms. The molecule has 0 aromatic rings. The molecular formula is C41H83NO6P+. The van der Waals surface area contributed by atoms with Crippen molar-refractivity contribution < 1.29 is 33.0 Å². The van der Waals surface area contributed by atoms with E-state index < -0.39 is 14.5 Å². The summed E-state index contributed by atoms with van der Waals surface area (Å²) in [6, 6.07) is 0. The lowest BCUT2D eigenvalue weighted by Crippen LogP contribution is -2.37. The van der Waals surface area contributed by atoms with Crippen molar-refractivity contribution in [3.05, 3.63) is 0 Å². The first-order chi connectivity index (χ1) is 23.7. The highest BCUT2D eigenvalue weighted by molar-refractivity contribution is 7.46. The zero-order valence-electron chi connectivity index (χ0n) is 33.3. The third-order valence-electron chi connectivity index (χ3n) is 9.34. The molecule has 7 nitrogen and oxygen atoms in total. The minimum Gasteiger partial charge on any atom is -0.462 e. The van der Waals surface area contributed by atoms with E-state index in [1.165, 1.54) is 128 Å². The number of carbonyl (C=O) groups excluding carboxylic acids is 2. The number of ether oxygens (including phenoxy) is 2. The quantitative estimate of drug-likeness (QED) is 0.0296. The molecule has 0 aromatic carbocycles. The number of likely N-dealkylation sites (N-methyl/N-ethyl adjacent to an activating group) is 1. The van der Waals surface area contributed by atoms with Gasteiger partial charge in [-0.2, -0.15) is 0 Å². The molecule has 1 N–H and O–H groups in total. The number of quaternary nitrogens is 1. The van der Waals surface area contributed by atoms with Crippen molar-refractivity contribution in [2.24, 2.45) is 0 Å². The summed E-state index contributed by atoms with van der Waals surface area (Å²) in [5, 5.41) is 0. The van der Waals surface area contributed by atoms with E-state index in [1.807, 2.05) is 0 Å². The molecule has 0 saturated heterocycles. The van der Waals surface area contributed by atoms with E-state index in [4.69, 9.17) is 14.0 Å². The Bertz CT molecular complexity index is 731. The molecule has 0 spiro atoms. The van der Waals surface area contributed by atoms with Crippen molar-refractivity contribution in [1.82, 2.24) is 0 Å². The normalized spacial score (nSPS) is 13.0. The number of esters is 2. The van der Waals surface area contributed by atoms with Gasteiger partial charge in [0.15, 0.2) is 8.38 Å². The van der Waals surface area contributed by atoms with Crippen LogP contribution in [0.25, 0.3) is 0 Å². The van der Waals surface area contributed by atoms with Gasteiger partial charge in [-0.3, -0.25) is 9.59 Å². The van der Waals surface area contributed by atoms with Crippen molar-refractivity contribution in [3.63, 3.8) is 0 Å². The second-order valence-electron chi connectivity index (χ2n) is 15.5. The van der Waals surface area contributed by atoms with Gasteiger partial charge in [-0.25, -0.2) is 0 Å². The van der Waals surface area contributed by atoms with Crippen molar-refractivity contribution in [2.45, 2.75) is 206 Å². The monoisotopic (exact) mass is 717 g/mol. The molecule has 49 heavy (non-hydrogen) atoms. The predicted molar refractivity (Wildman–Crippen MR) is 209 cm³/mol. The average Bonchev–Trinajstić information content (AvgIpc) is 3.06. The van der Waals surface area contributed by atoms with Gasteiger partial charge in [0, 0.05) is 19.0 Å². The van der Waals surface area contributed by atoms with Crippen LogP contribution in [0.2, 0.25) is 0 Å². The fourth-order valence-corrected chi connectivity index (χ4v) is 6.92. The maximum absolute atomic E-state index is 12.7. The molecule has 0 rings (SSSR count). The Morgan fingerprint density at radius 2 is 0.939 bits per heavy atom. The topological polar surface area (TPSA) is 82.1 Å². The smallest absolute Gasteiger partial charge is 0.306 e. The second kappa shape index (κ2) is 35.6. The molecule has 0 aliphatic heterocycles. The molecule has 0 aliphatic carbocycles. The van der Waals surface area contributed by atoms with Crippen LogP contribution in [0.5, 0.6) is 0 Å². The molecular weight excluding hydrogens is 633 g/mol. The Morgan fingerprint density at radius 1 is 0.571 bits per heavy atom. The maximum Gasteiger partial charge on any atom is 0.306 e. The molecule has 2 atom stereocenters. The van der Waals surface area contributed by atoms with Crippen LogP contribution in [0.4, 0.5) is 0 Å². The van der Waals surface area contributed by atoms with E-state index in [9.17, 15) is 14.5 Å². The third-order valence-corrected chi connectivity index (χ3v) is 10.5. The number of hydrogen-bond acceptors (Lipinski definition) is 6. The lowest BCUT2D eigenvalue weighted by molar-refractivity contribution is -0.870. The highest BCUT2D eigenvalue weighted by Gasteiger charge is 2.20. The number of nitrogens with zero attached hydrogens (tertiary/aromatic N) is 1. The zero-order chi connectivity index (χ0) is 36.3. The first-order valence-corrected chi connectivity index (χ1v) is 22.3. The van der Waals surface area contributed by atoms with E-state index in [0.29, 0.717) is 32.0 Å². The molecule has 0 amide bonds. The number of unbranched alkanes of at least 4 members (excludes halogenated alkanes) is 24. The Balaban J connectivity index is 4.24. The number of rotatable bonds is 38. The van der Waals surface area contributed by atoms with Crippen molar-refractivity contribution in [1.29, 1.82) is 0 Å². The molecule has 292 valence electrons. The fourth-order valence-electron chi connectivity index (χ4n) is 5.99. The van der Waals surface area contributed by atoms with Gasteiger partial charge in [0.1, 0.15) is 25.9 Å². The highest BCUT2D eigenvalue weighted by Crippen LogP contribution is 2.33. The van der Waals surface area contributed by atoms with Gasteiger partial charge in [0.25, 0.3) is 0 Å². The van der Waals surface area contributed by atoms with Gasteiger partial charge in [0.05, 0.1) is 21.1 Å². The molecule has 0 heterocycles. The Morgan fingerprint density at radius 3 is 1.33 bits per heavy atom. The molecule has 0 aliphatic rings. The van der Waals surface area contributed by atoms with E-state index in [0.717, 1.165) is 49.6 Å². The summed E-state index contributed by atoms with van der Waals surface area (Å²) in [6.45, 7) is 5.85. The second-order valence-corrected chi connectivity index (χ2v) is 16.9. The first-order valence-electron chi connectivity index (χ1n) is 20.9. The van der Waals surface area contributed by atoms with Crippen molar-refractivity contribution in [2.75, 3.05) is 47.1 Å². The standard InChI is InChI=1S/C41H83NO6P/c1-6-8-10-12-14-16-18-20-22-24-26-28-30-32-40(43)46-38-39(34-37-49(45)47-36-35-42(3,4)5)48-41(44)33-31-29-27-25-23-21-19-17-15-13-11-9-7-2/h39,45H,6-38H2,1-5H3/q+1/t39-,49?/m1/s1. The molecule has 0 aromatic heterocycles. The summed E-state index contributed by atoms with van der Waals surface area (Å²) in [7, 11) is 4.65. The SMILES string of the molecule is CCCCCCCCCCCCCCCC(=O)OC[C@@H](CCP(O)OCC[N+](C)(C)C)OC(=O)CCCCCCCCCCCCCCC. The summed E-state index contributed by atoms with van der Waals surface area (Å²) in [4.78, 5) is 35.6. The highest BCUT2D eigenvalue weighted by atomic mass is 31.2. The van der Waals surface area contributed by atoms with Crippen LogP contribution in [0, 0.1) is 0 Å². The van der Waals surface area contributed by atoms with E-state index in [2.05, 4.69) is 35.0 Å². The van der Waals surface area contributed by atoms with Crippen LogP contribution in [-0.2, 0) is 23.6 Å². The van der Waals surface area contributed by atoms with Crippen molar-refractivity contribution in [3.8, 4) is 0 Å². The average molecular weight is 717 g/mol. The Kier molecular flexibility index (Phi) is 35.1. The van der Waals surface area contributed by atoms with Crippen LogP contribution in [-0.4, -0.2) is 74.5 Å². The van der Waals surface area contributed by atoms with Gasteiger partial charge in [0.2, 0.25) is 0 Å². The van der Waals surface area contributed by atoms with Gasteiger partial charge in [-0.15, -0.1) is 0 Å². The molecule has 0 fully saturated rings. The summed E-state index contributed by atoms with van der Waals surface area (Å²) >= 11 is 0. The summed E-state index contributed by atoms with van der Waals surface area (Å²) in [5.74, 6) is -0.472. The number of carbonyl (C=O) groups is 2. The largest absolute Gasteiger partial charge is 0.462 e. The van der Waals surface area contributed by atoms with Gasteiger partial charge in [-0.05, 0) is 19.3 Å². The Labute approximate surface area is 305 Å². The fraction of sp³-hybridized carbons (Fsp3) is 0.951. The van der Waals surface area contributed by atoms with Crippen LogP contribution < -0.4 is 0 Å². The van der Waals surface area contributed by atoms with Crippen molar-refractivity contribution >= 4 is 20.3 Å². The van der Waals surface area contributed by atoms with E-state index in [-0.39, 0.29) is 18.5 Å². The van der Waals surface area contributed by atoms with E-state index in [1.54, 1.807) is 0 Å². The van der Waals surface area contributed by atoms with Crippen LogP contribution in [0.3, 0.4) is 0 Å². The minimum atomic E-state index is -1.61. The van der Waals surface area contributed by atoms with Gasteiger partial charge < -0.3 is 23.4 Å². The zero-order valence-corrected chi connectivity index (χ0v) is 34.2. The summed E-state index contributed by atoms with van der Waals surface area (Å²) in [5.41, 5.74) is 0. The van der Waals surface area contributed by atoms with Crippen LogP contribution in [0.15, 0.2) is 0 Å². The number of hydrogen-bond donors (Lipinski definition) is 1. The summed E-state index contributed by atoms with van der Waals surface area (Å²) < 4.78 is 17.7. The minimum absolute atomic E-state index is 0.0453. The first kappa shape index (κ1) is 48.2. The van der Waals surface area contributed by atoms with E-state index >= 15 is 0 Å². The van der Waals surface area contributed by atoms with Gasteiger partial charge >= 0.3 is 11.9 Å². The molecule has 0 radical (unpaired) electrons. The van der Waals surface area contributed by atoms with Gasteiger partial charge in [-0.1, -0.05) is 168 Å². The van der Waals surface area contributed by atoms with Crippen LogP contribution in [0.1, 0.15) is 200 Å². The Hall–Kier alpha value is -0.750. The van der Waals surface area contributed by atoms with Crippen LogP contribution >= 0.6 is 8.38 Å². The molecule has 0 bridgehead atoms. The maximum atomic E-state index is 12.7. The predicted octanol–water partition coefficient (Wildman–Crippen LogP) is 11.8. The summed E-state index contributed by atoms with van der Waals surface area (Å²) in [6.07, 6.45) is 33.9. The molecule has 1 unspecified atom stereocenters. The molecule has 0 saturated carbocycles. The third kappa shape index (κ3) is 38.3. The lowest BCUT2D eigenvalue weighted by Gasteiger charge is -2.24. The lowest BCUT2D eigenvalue weighted by atomic mass is 10.0.